The van der Waals surface area contributed by atoms with Crippen molar-refractivity contribution in [1.29, 1.82) is 0 Å². The maximum Gasteiger partial charge on any atom is 0.419 e. The molecule has 4 nitrogen and oxygen atoms in total. The molecule has 0 bridgehead atoms. The summed E-state index contributed by atoms with van der Waals surface area (Å²) in [4.78, 5) is 23.0. The summed E-state index contributed by atoms with van der Waals surface area (Å²) in [6.07, 6.45) is -2.91. The van der Waals surface area contributed by atoms with Gasteiger partial charge in [-0.2, -0.15) is 13.2 Å². The minimum absolute atomic E-state index is 0.281. The topological polar surface area (TPSA) is 55.4 Å². The van der Waals surface area contributed by atoms with Crippen LogP contribution in [0.15, 0.2) is 18.2 Å². The van der Waals surface area contributed by atoms with Crippen LogP contribution in [0.1, 0.15) is 28.8 Å². The summed E-state index contributed by atoms with van der Waals surface area (Å²) in [5, 5.41) is 2.14. The zero-order valence-electron chi connectivity index (χ0n) is 11.4. The predicted octanol–water partition coefficient (Wildman–Crippen LogP) is 2.53. The third-order valence-electron chi connectivity index (χ3n) is 3.10. The predicted molar refractivity (Wildman–Crippen MR) is 67.4 cm³/mol. The largest absolute Gasteiger partial charge is 0.464 e. The Hall–Kier alpha value is -2.12. The zero-order chi connectivity index (χ0) is 16.3. The van der Waals surface area contributed by atoms with Gasteiger partial charge in [-0.3, -0.25) is 9.59 Å². The number of hydrogen-bond donors (Lipinski definition) is 1. The van der Waals surface area contributed by atoms with Crippen LogP contribution in [0.25, 0.3) is 0 Å². The van der Waals surface area contributed by atoms with E-state index in [-0.39, 0.29) is 12.2 Å². The molecule has 0 saturated heterocycles. The summed E-state index contributed by atoms with van der Waals surface area (Å²) in [5.74, 6) is -2.67. The lowest BCUT2D eigenvalue weighted by Crippen LogP contribution is -2.31. The van der Waals surface area contributed by atoms with Crippen LogP contribution >= 0.6 is 0 Å². The number of ether oxygens (including phenoxy) is 1. The molecule has 1 N–H and O–H groups in total. The van der Waals surface area contributed by atoms with E-state index in [2.05, 4.69) is 5.32 Å². The standard InChI is InChI=1S/C14H13F4NO3/c15-11-4-3-9(5-10(11)14(16,17)18)13(21)19-6-12(20)22-7-8-1-2-8/h3-5,8H,1-2,6-7H2,(H,19,21). The Morgan fingerprint density at radius 3 is 2.55 bits per heavy atom. The van der Waals surface area contributed by atoms with Crippen molar-refractivity contribution in [2.45, 2.75) is 19.0 Å². The second kappa shape index (κ2) is 6.33. The van der Waals surface area contributed by atoms with Gasteiger partial charge in [-0.15, -0.1) is 0 Å². The number of benzene rings is 1. The average molecular weight is 319 g/mol. The Balaban J connectivity index is 1.92. The number of carbonyl (C=O) groups excluding carboxylic acids is 2. The van der Waals surface area contributed by atoms with Gasteiger partial charge in [-0.05, 0) is 37.0 Å². The first-order valence-corrected chi connectivity index (χ1v) is 6.58. The first-order chi connectivity index (χ1) is 10.3. The van der Waals surface area contributed by atoms with E-state index in [0.29, 0.717) is 18.1 Å². The summed E-state index contributed by atoms with van der Waals surface area (Å²) in [5.41, 5.74) is -1.92. The van der Waals surface area contributed by atoms with E-state index >= 15 is 0 Å². The van der Waals surface area contributed by atoms with Crippen molar-refractivity contribution in [3.8, 4) is 0 Å². The number of alkyl halides is 3. The third-order valence-corrected chi connectivity index (χ3v) is 3.10. The van der Waals surface area contributed by atoms with Gasteiger partial charge in [0.2, 0.25) is 0 Å². The summed E-state index contributed by atoms with van der Waals surface area (Å²) in [6, 6.07) is 1.87. The van der Waals surface area contributed by atoms with Crippen LogP contribution in [0.5, 0.6) is 0 Å². The fourth-order valence-electron chi connectivity index (χ4n) is 1.68. The van der Waals surface area contributed by atoms with Gasteiger partial charge in [0.1, 0.15) is 12.4 Å². The van der Waals surface area contributed by atoms with Gasteiger partial charge in [0.25, 0.3) is 5.91 Å². The van der Waals surface area contributed by atoms with Gasteiger partial charge in [0.05, 0.1) is 12.2 Å². The molecule has 0 atom stereocenters. The highest BCUT2D eigenvalue weighted by Gasteiger charge is 2.34. The van der Waals surface area contributed by atoms with Gasteiger partial charge in [-0.1, -0.05) is 0 Å². The lowest BCUT2D eigenvalue weighted by atomic mass is 10.1. The first kappa shape index (κ1) is 16.3. The summed E-state index contributed by atoms with van der Waals surface area (Å²) in [6.45, 7) is -0.173. The Bertz CT molecular complexity index is 582. The molecule has 1 aromatic rings. The minimum Gasteiger partial charge on any atom is -0.464 e. The molecule has 0 aromatic heterocycles. The zero-order valence-corrected chi connectivity index (χ0v) is 11.4. The maximum atomic E-state index is 13.1. The molecule has 1 fully saturated rings. The number of halogens is 4. The quantitative estimate of drug-likeness (QED) is 0.670. The molecule has 0 heterocycles. The van der Waals surface area contributed by atoms with E-state index in [1.165, 1.54) is 0 Å². The molecule has 0 unspecified atom stereocenters. The molecule has 1 aromatic carbocycles. The summed E-state index contributed by atoms with van der Waals surface area (Å²) < 4.78 is 55.6. The molecule has 0 aliphatic heterocycles. The van der Waals surface area contributed by atoms with Crippen molar-refractivity contribution in [3.05, 3.63) is 35.1 Å². The van der Waals surface area contributed by atoms with Gasteiger partial charge in [0.15, 0.2) is 0 Å². The third kappa shape index (κ3) is 4.44. The van der Waals surface area contributed by atoms with Crippen LogP contribution in [-0.4, -0.2) is 25.0 Å². The highest BCUT2D eigenvalue weighted by Crippen LogP contribution is 2.32. The van der Waals surface area contributed by atoms with Gasteiger partial charge in [0, 0.05) is 5.56 Å². The van der Waals surface area contributed by atoms with E-state index in [1.807, 2.05) is 0 Å². The fourth-order valence-corrected chi connectivity index (χ4v) is 1.68. The second-order valence-corrected chi connectivity index (χ2v) is 5.00. The monoisotopic (exact) mass is 319 g/mol. The lowest BCUT2D eigenvalue weighted by Gasteiger charge is -2.10. The maximum absolute atomic E-state index is 13.1. The van der Waals surface area contributed by atoms with E-state index in [4.69, 9.17) is 4.74 Å². The first-order valence-electron chi connectivity index (χ1n) is 6.58. The van der Waals surface area contributed by atoms with Crippen molar-refractivity contribution in [2.24, 2.45) is 5.92 Å². The number of nitrogens with one attached hydrogen (secondary N) is 1. The number of amides is 1. The molecule has 0 radical (unpaired) electrons. The average Bonchev–Trinajstić information content (AvgIpc) is 3.26. The molecule has 0 spiro atoms. The van der Waals surface area contributed by atoms with Crippen LogP contribution < -0.4 is 5.32 Å². The van der Waals surface area contributed by atoms with E-state index < -0.39 is 36.0 Å². The Labute approximate surface area is 123 Å². The number of esters is 1. The van der Waals surface area contributed by atoms with E-state index in [9.17, 15) is 27.2 Å². The molecule has 1 aliphatic carbocycles. The highest BCUT2D eigenvalue weighted by atomic mass is 19.4. The Kier molecular flexibility index (Phi) is 4.68. The molecular formula is C14H13F4NO3. The second-order valence-electron chi connectivity index (χ2n) is 5.00. The normalized spacial score (nSPS) is 14.5. The van der Waals surface area contributed by atoms with Crippen molar-refractivity contribution in [2.75, 3.05) is 13.2 Å². The molecule has 120 valence electrons. The van der Waals surface area contributed by atoms with Crippen LogP contribution in [-0.2, 0) is 15.7 Å². The van der Waals surface area contributed by atoms with Gasteiger partial charge < -0.3 is 10.1 Å². The van der Waals surface area contributed by atoms with Gasteiger partial charge >= 0.3 is 12.1 Å². The van der Waals surface area contributed by atoms with Gasteiger partial charge in [-0.25, -0.2) is 4.39 Å². The summed E-state index contributed by atoms with van der Waals surface area (Å²) in [7, 11) is 0. The molecule has 1 saturated carbocycles. The lowest BCUT2D eigenvalue weighted by molar-refractivity contribution is -0.143. The van der Waals surface area contributed by atoms with Crippen LogP contribution in [0.4, 0.5) is 17.6 Å². The molecule has 1 aliphatic rings. The van der Waals surface area contributed by atoms with Crippen molar-refractivity contribution < 1.29 is 31.9 Å². The van der Waals surface area contributed by atoms with Crippen molar-refractivity contribution in [1.82, 2.24) is 5.32 Å². The SMILES string of the molecule is O=C(CNC(=O)c1ccc(F)c(C(F)(F)F)c1)OCC1CC1. The number of hydrogen-bond acceptors (Lipinski definition) is 3. The number of carbonyl (C=O) groups is 2. The Morgan fingerprint density at radius 1 is 1.27 bits per heavy atom. The minimum atomic E-state index is -4.90. The Morgan fingerprint density at radius 2 is 1.95 bits per heavy atom. The molecular weight excluding hydrogens is 306 g/mol. The highest BCUT2D eigenvalue weighted by molar-refractivity contribution is 5.96. The fraction of sp³-hybridized carbons (Fsp3) is 0.429. The van der Waals surface area contributed by atoms with Crippen LogP contribution in [0, 0.1) is 11.7 Å². The smallest absolute Gasteiger partial charge is 0.419 e. The number of rotatable bonds is 5. The molecule has 1 amide bonds. The van der Waals surface area contributed by atoms with Crippen LogP contribution in [0.3, 0.4) is 0 Å². The van der Waals surface area contributed by atoms with Crippen molar-refractivity contribution >= 4 is 11.9 Å². The van der Waals surface area contributed by atoms with E-state index in [1.54, 1.807) is 0 Å². The molecule has 2 rings (SSSR count). The molecule has 8 heteroatoms. The van der Waals surface area contributed by atoms with Crippen molar-refractivity contribution in [3.63, 3.8) is 0 Å². The van der Waals surface area contributed by atoms with E-state index in [0.717, 1.165) is 18.9 Å². The van der Waals surface area contributed by atoms with Crippen LogP contribution in [0.2, 0.25) is 0 Å². The summed E-state index contributed by atoms with van der Waals surface area (Å²) >= 11 is 0. The molecule has 22 heavy (non-hydrogen) atoms.